The van der Waals surface area contributed by atoms with Crippen LogP contribution in [-0.2, 0) is 16.1 Å². The molecule has 0 aromatic heterocycles. The Bertz CT molecular complexity index is 578. The number of esters is 1. The average molecular weight is 303 g/mol. The molecule has 0 unspecified atom stereocenters. The van der Waals surface area contributed by atoms with Gasteiger partial charge in [-0.05, 0) is 31.0 Å². The fourth-order valence-electron chi connectivity index (χ4n) is 3.31. The van der Waals surface area contributed by atoms with Crippen LogP contribution in [0.5, 0.6) is 5.75 Å². The van der Waals surface area contributed by atoms with Crippen molar-refractivity contribution >= 4 is 11.9 Å². The van der Waals surface area contributed by atoms with E-state index in [4.69, 9.17) is 9.47 Å². The molecule has 1 fully saturated rings. The zero-order valence-electron chi connectivity index (χ0n) is 12.8. The van der Waals surface area contributed by atoms with Gasteiger partial charge in [-0.15, -0.1) is 0 Å². The number of fused-ring (bicyclic) bond motifs is 1. The van der Waals surface area contributed by atoms with Crippen LogP contribution in [0, 0.1) is 0 Å². The normalized spacial score (nSPS) is 19.1. The molecular weight excluding hydrogens is 282 g/mol. The Morgan fingerprint density at radius 1 is 1.27 bits per heavy atom. The number of methoxy groups -OCH3 is 1. The van der Waals surface area contributed by atoms with Crippen molar-refractivity contribution in [2.75, 3.05) is 13.7 Å². The van der Waals surface area contributed by atoms with Crippen LogP contribution in [0.3, 0.4) is 0 Å². The summed E-state index contributed by atoms with van der Waals surface area (Å²) in [6.45, 7) is 0.574. The average Bonchev–Trinajstić information content (AvgIpc) is 2.73. The van der Waals surface area contributed by atoms with E-state index in [1.54, 1.807) is 18.2 Å². The highest BCUT2D eigenvalue weighted by molar-refractivity contribution is 5.90. The molecule has 5 heteroatoms. The van der Waals surface area contributed by atoms with E-state index >= 15 is 0 Å². The second kappa shape index (κ2) is 6.38. The molecule has 0 atom stereocenters. The van der Waals surface area contributed by atoms with E-state index in [0.29, 0.717) is 17.9 Å². The largest absolute Gasteiger partial charge is 0.483 e. The summed E-state index contributed by atoms with van der Waals surface area (Å²) in [5.41, 5.74) is 1.36. The zero-order valence-corrected chi connectivity index (χ0v) is 12.8. The van der Waals surface area contributed by atoms with Gasteiger partial charge in [0.15, 0.2) is 6.61 Å². The summed E-state index contributed by atoms with van der Waals surface area (Å²) in [6.07, 6.45) is 5.70. The van der Waals surface area contributed by atoms with Crippen LogP contribution < -0.4 is 4.74 Å². The van der Waals surface area contributed by atoms with Crippen molar-refractivity contribution in [2.45, 2.75) is 44.7 Å². The number of amides is 1. The lowest BCUT2D eigenvalue weighted by molar-refractivity contribution is -0.136. The molecule has 3 rings (SSSR count). The summed E-state index contributed by atoms with van der Waals surface area (Å²) in [4.78, 5) is 26.0. The van der Waals surface area contributed by atoms with Crippen molar-refractivity contribution in [3.8, 4) is 5.75 Å². The fraction of sp³-hybridized carbons (Fsp3) is 0.529. The van der Waals surface area contributed by atoms with Crippen LogP contribution in [-0.4, -0.2) is 36.5 Å². The number of carbonyl (C=O) groups is 2. The summed E-state index contributed by atoms with van der Waals surface area (Å²) in [7, 11) is 1.36. The van der Waals surface area contributed by atoms with Gasteiger partial charge in [0.05, 0.1) is 12.7 Å². The number of benzene rings is 1. The highest BCUT2D eigenvalue weighted by Crippen LogP contribution is 2.30. The van der Waals surface area contributed by atoms with Gasteiger partial charge in [0.25, 0.3) is 5.91 Å². The Labute approximate surface area is 130 Å². The molecule has 0 N–H and O–H groups in total. The molecule has 5 nitrogen and oxygen atoms in total. The molecule has 1 heterocycles. The van der Waals surface area contributed by atoms with E-state index in [1.807, 2.05) is 4.90 Å². The number of carbonyl (C=O) groups excluding carboxylic acids is 2. The molecule has 0 spiro atoms. The fourth-order valence-corrected chi connectivity index (χ4v) is 3.31. The Morgan fingerprint density at radius 3 is 2.77 bits per heavy atom. The summed E-state index contributed by atoms with van der Waals surface area (Å²) in [5.74, 6) is 0.338. The first-order chi connectivity index (χ1) is 10.7. The maximum absolute atomic E-state index is 12.4. The molecule has 1 aliphatic carbocycles. The topological polar surface area (TPSA) is 55.8 Å². The minimum absolute atomic E-state index is 0.0303. The van der Waals surface area contributed by atoms with Gasteiger partial charge in [-0.1, -0.05) is 19.3 Å². The molecule has 1 saturated carbocycles. The van der Waals surface area contributed by atoms with Gasteiger partial charge < -0.3 is 14.4 Å². The summed E-state index contributed by atoms with van der Waals surface area (Å²) >= 11 is 0. The monoisotopic (exact) mass is 303 g/mol. The lowest BCUT2D eigenvalue weighted by Crippen LogP contribution is -2.42. The third-order valence-corrected chi connectivity index (χ3v) is 4.51. The predicted octanol–water partition coefficient (Wildman–Crippen LogP) is 2.53. The van der Waals surface area contributed by atoms with E-state index in [-0.39, 0.29) is 24.5 Å². The van der Waals surface area contributed by atoms with E-state index in [1.165, 1.54) is 26.4 Å². The molecule has 1 aromatic rings. The quantitative estimate of drug-likeness (QED) is 0.788. The lowest BCUT2D eigenvalue weighted by Gasteiger charge is -2.33. The highest BCUT2D eigenvalue weighted by Gasteiger charge is 2.29. The first kappa shape index (κ1) is 14.9. The molecule has 118 valence electrons. The minimum Gasteiger partial charge on any atom is -0.483 e. The third kappa shape index (κ3) is 2.93. The first-order valence-electron chi connectivity index (χ1n) is 7.82. The van der Waals surface area contributed by atoms with Crippen LogP contribution in [0.1, 0.15) is 48.0 Å². The van der Waals surface area contributed by atoms with Crippen LogP contribution in [0.2, 0.25) is 0 Å². The Balaban J connectivity index is 1.87. The molecule has 1 aliphatic heterocycles. The molecule has 0 bridgehead atoms. The number of hydrogen-bond donors (Lipinski definition) is 0. The van der Waals surface area contributed by atoms with Gasteiger partial charge in [-0.2, -0.15) is 0 Å². The molecule has 1 aromatic carbocycles. The Hall–Kier alpha value is -2.04. The lowest BCUT2D eigenvalue weighted by atomic mass is 9.93. The first-order valence-corrected chi connectivity index (χ1v) is 7.82. The zero-order chi connectivity index (χ0) is 15.5. The number of ether oxygens (including phenoxy) is 2. The summed E-state index contributed by atoms with van der Waals surface area (Å²) in [6, 6.07) is 5.48. The van der Waals surface area contributed by atoms with E-state index in [9.17, 15) is 9.59 Å². The SMILES string of the molecule is COC(=O)c1ccc2c(c1)CN(C1CCCCC1)C(=O)CO2. The molecule has 22 heavy (non-hydrogen) atoms. The maximum Gasteiger partial charge on any atom is 0.337 e. The predicted molar refractivity (Wildman–Crippen MR) is 80.7 cm³/mol. The van der Waals surface area contributed by atoms with E-state index in [0.717, 1.165) is 18.4 Å². The number of hydrogen-bond acceptors (Lipinski definition) is 4. The van der Waals surface area contributed by atoms with Gasteiger partial charge in [0, 0.05) is 18.2 Å². The highest BCUT2D eigenvalue weighted by atomic mass is 16.5. The molecule has 1 amide bonds. The Kier molecular flexibility index (Phi) is 4.32. The third-order valence-electron chi connectivity index (χ3n) is 4.51. The Morgan fingerprint density at radius 2 is 2.05 bits per heavy atom. The van der Waals surface area contributed by atoms with Crippen LogP contribution >= 0.6 is 0 Å². The molecule has 0 radical (unpaired) electrons. The van der Waals surface area contributed by atoms with Crippen LogP contribution in [0.25, 0.3) is 0 Å². The number of rotatable bonds is 2. The molecule has 2 aliphatic rings. The second-order valence-corrected chi connectivity index (χ2v) is 5.92. The van der Waals surface area contributed by atoms with Gasteiger partial charge >= 0.3 is 5.97 Å². The second-order valence-electron chi connectivity index (χ2n) is 5.92. The van der Waals surface area contributed by atoms with Crippen LogP contribution in [0.4, 0.5) is 0 Å². The van der Waals surface area contributed by atoms with E-state index < -0.39 is 0 Å². The van der Waals surface area contributed by atoms with Crippen molar-refractivity contribution in [3.63, 3.8) is 0 Å². The van der Waals surface area contributed by atoms with Crippen LogP contribution in [0.15, 0.2) is 18.2 Å². The van der Waals surface area contributed by atoms with Crippen molar-refractivity contribution in [3.05, 3.63) is 29.3 Å². The maximum atomic E-state index is 12.4. The number of nitrogens with zero attached hydrogens (tertiary/aromatic N) is 1. The van der Waals surface area contributed by atoms with Gasteiger partial charge in [-0.25, -0.2) is 4.79 Å². The molecular formula is C17H21NO4. The van der Waals surface area contributed by atoms with Crippen molar-refractivity contribution in [2.24, 2.45) is 0 Å². The van der Waals surface area contributed by atoms with Gasteiger partial charge in [0.2, 0.25) is 0 Å². The van der Waals surface area contributed by atoms with E-state index in [2.05, 4.69) is 0 Å². The van der Waals surface area contributed by atoms with Crippen molar-refractivity contribution < 1.29 is 19.1 Å². The van der Waals surface area contributed by atoms with Gasteiger partial charge in [0.1, 0.15) is 5.75 Å². The van der Waals surface area contributed by atoms with Crippen molar-refractivity contribution in [1.82, 2.24) is 4.90 Å². The summed E-state index contributed by atoms with van der Waals surface area (Å²) in [5, 5.41) is 0. The van der Waals surface area contributed by atoms with Gasteiger partial charge in [-0.3, -0.25) is 4.79 Å². The van der Waals surface area contributed by atoms with Crippen molar-refractivity contribution in [1.29, 1.82) is 0 Å². The standard InChI is InChI=1S/C17H21NO4/c1-21-17(20)12-7-8-15-13(9-12)10-18(16(19)11-22-15)14-5-3-2-4-6-14/h7-9,14H,2-6,10-11H2,1H3. The molecule has 0 saturated heterocycles. The minimum atomic E-state index is -0.373. The summed E-state index contributed by atoms with van der Waals surface area (Å²) < 4.78 is 10.4. The smallest absolute Gasteiger partial charge is 0.337 e.